The number of esters is 1. The lowest BCUT2D eigenvalue weighted by molar-refractivity contribution is -0.150. The van der Waals surface area contributed by atoms with Crippen LogP contribution in [0.25, 0.3) is 0 Å². The van der Waals surface area contributed by atoms with Crippen LogP contribution in [0.4, 0.5) is 0 Å². The van der Waals surface area contributed by atoms with Crippen LogP contribution >= 0.6 is 0 Å². The average molecular weight is 226 g/mol. The lowest BCUT2D eigenvalue weighted by Gasteiger charge is -2.09. The van der Waals surface area contributed by atoms with E-state index in [-0.39, 0.29) is 18.6 Å². The summed E-state index contributed by atoms with van der Waals surface area (Å²) in [7, 11) is 0. The van der Waals surface area contributed by atoms with Crippen molar-refractivity contribution in [2.24, 2.45) is 5.73 Å². The van der Waals surface area contributed by atoms with Gasteiger partial charge in [-0.15, -0.1) is 5.10 Å². The Balaban J connectivity index is 1.81. The Hall–Kier alpha value is -1.47. The van der Waals surface area contributed by atoms with Crippen LogP contribution in [0, 0.1) is 0 Å². The van der Waals surface area contributed by atoms with Gasteiger partial charge in [0.15, 0.2) is 0 Å². The van der Waals surface area contributed by atoms with Crippen molar-refractivity contribution in [3.63, 3.8) is 0 Å². The lowest BCUT2D eigenvalue weighted by Crippen LogP contribution is -2.22. The van der Waals surface area contributed by atoms with Crippen LogP contribution in [0.3, 0.4) is 0 Å². The normalized spacial score (nSPS) is 19.9. The van der Waals surface area contributed by atoms with Gasteiger partial charge in [0.05, 0.1) is 25.1 Å². The molecule has 1 aromatic rings. The van der Waals surface area contributed by atoms with Gasteiger partial charge in [0.25, 0.3) is 0 Å². The Kier molecular flexibility index (Phi) is 3.47. The first-order chi connectivity index (χ1) is 7.78. The van der Waals surface area contributed by atoms with Gasteiger partial charge in [-0.1, -0.05) is 5.21 Å². The van der Waals surface area contributed by atoms with Crippen LogP contribution in [-0.2, 0) is 27.4 Å². The molecule has 0 spiro atoms. The number of nitrogens with zero attached hydrogens (tertiary/aromatic N) is 3. The average Bonchev–Trinajstić information content (AvgIpc) is 2.89. The molecule has 16 heavy (non-hydrogen) atoms. The fourth-order valence-corrected chi connectivity index (χ4v) is 1.47. The monoisotopic (exact) mass is 226 g/mol. The highest BCUT2D eigenvalue weighted by Crippen LogP contribution is 2.08. The summed E-state index contributed by atoms with van der Waals surface area (Å²) in [6.07, 6.45) is 2.27. The first-order valence-electron chi connectivity index (χ1n) is 5.14. The molecule has 1 unspecified atom stereocenters. The van der Waals surface area contributed by atoms with Gasteiger partial charge in [0.2, 0.25) is 0 Å². The van der Waals surface area contributed by atoms with Crippen LogP contribution < -0.4 is 5.73 Å². The minimum absolute atomic E-state index is 0.0590. The van der Waals surface area contributed by atoms with E-state index in [2.05, 4.69) is 10.3 Å². The zero-order chi connectivity index (χ0) is 11.4. The third-order valence-electron chi connectivity index (χ3n) is 2.27. The minimum atomic E-state index is -0.330. The smallest absolute Gasteiger partial charge is 0.328 e. The van der Waals surface area contributed by atoms with E-state index in [0.717, 1.165) is 6.42 Å². The number of rotatable bonds is 4. The molecular weight excluding hydrogens is 212 g/mol. The third kappa shape index (κ3) is 2.77. The van der Waals surface area contributed by atoms with Crippen LogP contribution in [0.1, 0.15) is 12.1 Å². The van der Waals surface area contributed by atoms with E-state index < -0.39 is 0 Å². The fraction of sp³-hybridized carbons (Fsp3) is 0.667. The molecule has 1 atom stereocenters. The van der Waals surface area contributed by atoms with E-state index in [0.29, 0.717) is 25.5 Å². The molecule has 7 nitrogen and oxygen atoms in total. The highest BCUT2D eigenvalue weighted by atomic mass is 16.6. The zero-order valence-corrected chi connectivity index (χ0v) is 8.83. The van der Waals surface area contributed by atoms with Crippen molar-refractivity contribution in [3.05, 3.63) is 11.9 Å². The number of carbonyl (C=O) groups excluding carboxylic acids is 1. The van der Waals surface area contributed by atoms with E-state index in [1.165, 1.54) is 4.68 Å². The van der Waals surface area contributed by atoms with E-state index in [1.54, 1.807) is 6.20 Å². The summed E-state index contributed by atoms with van der Waals surface area (Å²) in [5.41, 5.74) is 6.03. The predicted molar refractivity (Wildman–Crippen MR) is 53.2 cm³/mol. The predicted octanol–water partition coefficient (Wildman–Crippen LogP) is -0.931. The van der Waals surface area contributed by atoms with Crippen LogP contribution in [-0.4, -0.2) is 40.3 Å². The van der Waals surface area contributed by atoms with Crippen molar-refractivity contribution < 1.29 is 14.3 Å². The Morgan fingerprint density at radius 2 is 2.62 bits per heavy atom. The van der Waals surface area contributed by atoms with E-state index in [9.17, 15) is 4.79 Å². The van der Waals surface area contributed by atoms with Crippen LogP contribution in [0.5, 0.6) is 0 Å². The summed E-state index contributed by atoms with van der Waals surface area (Å²) in [4.78, 5) is 11.5. The number of hydrogen-bond acceptors (Lipinski definition) is 6. The molecule has 88 valence electrons. The molecule has 2 heterocycles. The van der Waals surface area contributed by atoms with Gasteiger partial charge >= 0.3 is 5.97 Å². The summed E-state index contributed by atoms with van der Waals surface area (Å²) in [5.74, 6) is -0.330. The van der Waals surface area contributed by atoms with Crippen molar-refractivity contribution >= 4 is 5.97 Å². The molecule has 1 saturated heterocycles. The molecule has 1 aliphatic rings. The second kappa shape index (κ2) is 5.04. The van der Waals surface area contributed by atoms with Gasteiger partial charge in [-0.3, -0.25) is 4.79 Å². The van der Waals surface area contributed by atoms with Gasteiger partial charge in [-0.25, -0.2) is 4.68 Å². The first kappa shape index (κ1) is 11.0. The largest absolute Gasteiger partial charge is 0.458 e. The van der Waals surface area contributed by atoms with Crippen LogP contribution in [0.2, 0.25) is 0 Å². The molecule has 7 heteroatoms. The minimum Gasteiger partial charge on any atom is -0.458 e. The van der Waals surface area contributed by atoms with E-state index in [4.69, 9.17) is 15.2 Å². The Bertz CT molecular complexity index is 359. The van der Waals surface area contributed by atoms with Crippen molar-refractivity contribution in [1.29, 1.82) is 0 Å². The first-order valence-corrected chi connectivity index (χ1v) is 5.14. The summed E-state index contributed by atoms with van der Waals surface area (Å²) >= 11 is 0. The summed E-state index contributed by atoms with van der Waals surface area (Å²) in [6, 6.07) is 0. The van der Waals surface area contributed by atoms with Crippen LogP contribution in [0.15, 0.2) is 6.20 Å². The molecule has 2 rings (SSSR count). The zero-order valence-electron chi connectivity index (χ0n) is 8.83. The molecule has 0 amide bonds. The standard InChI is InChI=1S/C9H14N4O3/c10-3-7-4-13(12-11-7)5-9(14)16-8-1-2-15-6-8/h4,8H,1-3,5-6,10H2. The molecule has 1 aromatic heterocycles. The molecule has 1 aliphatic heterocycles. The number of aromatic nitrogens is 3. The molecule has 0 aliphatic carbocycles. The summed E-state index contributed by atoms with van der Waals surface area (Å²) in [6.45, 7) is 1.50. The van der Waals surface area contributed by atoms with Crippen molar-refractivity contribution in [1.82, 2.24) is 15.0 Å². The van der Waals surface area contributed by atoms with Crippen molar-refractivity contribution in [2.45, 2.75) is 25.6 Å². The van der Waals surface area contributed by atoms with Gasteiger partial charge in [-0.05, 0) is 0 Å². The molecular formula is C9H14N4O3. The SMILES string of the molecule is NCc1cn(CC(=O)OC2CCOC2)nn1. The second-order valence-corrected chi connectivity index (χ2v) is 3.59. The number of carbonyl (C=O) groups is 1. The van der Waals surface area contributed by atoms with Gasteiger partial charge in [-0.2, -0.15) is 0 Å². The number of hydrogen-bond donors (Lipinski definition) is 1. The van der Waals surface area contributed by atoms with Gasteiger partial charge in [0, 0.05) is 13.0 Å². The molecule has 1 fully saturated rings. The van der Waals surface area contributed by atoms with Gasteiger partial charge < -0.3 is 15.2 Å². The summed E-state index contributed by atoms with van der Waals surface area (Å²) in [5, 5.41) is 7.53. The molecule has 0 radical (unpaired) electrons. The third-order valence-corrected chi connectivity index (χ3v) is 2.27. The maximum atomic E-state index is 11.5. The molecule has 0 bridgehead atoms. The molecule has 0 saturated carbocycles. The van der Waals surface area contributed by atoms with Gasteiger partial charge in [0.1, 0.15) is 12.6 Å². The Labute approximate surface area is 92.5 Å². The fourth-order valence-electron chi connectivity index (χ4n) is 1.47. The Morgan fingerprint density at radius 1 is 1.75 bits per heavy atom. The lowest BCUT2D eigenvalue weighted by atomic mass is 10.3. The maximum absolute atomic E-state index is 11.5. The highest BCUT2D eigenvalue weighted by Gasteiger charge is 2.20. The maximum Gasteiger partial charge on any atom is 0.328 e. The van der Waals surface area contributed by atoms with Crippen molar-refractivity contribution in [3.8, 4) is 0 Å². The number of nitrogens with two attached hydrogens (primary N) is 1. The topological polar surface area (TPSA) is 92.3 Å². The second-order valence-electron chi connectivity index (χ2n) is 3.59. The highest BCUT2D eigenvalue weighted by molar-refractivity contribution is 5.69. The quantitative estimate of drug-likeness (QED) is 0.667. The summed E-state index contributed by atoms with van der Waals surface area (Å²) < 4.78 is 11.7. The Morgan fingerprint density at radius 3 is 3.25 bits per heavy atom. The molecule has 2 N–H and O–H groups in total. The molecule has 0 aromatic carbocycles. The van der Waals surface area contributed by atoms with E-state index >= 15 is 0 Å². The number of ether oxygens (including phenoxy) is 2. The van der Waals surface area contributed by atoms with E-state index in [1.807, 2.05) is 0 Å². The van der Waals surface area contributed by atoms with Crippen molar-refractivity contribution in [2.75, 3.05) is 13.2 Å².